The van der Waals surface area contributed by atoms with Gasteiger partial charge in [-0.05, 0) is 49.4 Å². The fourth-order valence-electron chi connectivity index (χ4n) is 2.17. The summed E-state index contributed by atoms with van der Waals surface area (Å²) in [5.74, 6) is 0.757. The number of nitrogens with zero attached hydrogens (tertiary/aromatic N) is 2. The molecule has 1 amide bonds. The summed E-state index contributed by atoms with van der Waals surface area (Å²) >= 11 is 6.95. The fourth-order valence-corrected chi connectivity index (χ4v) is 2.90. The van der Waals surface area contributed by atoms with Gasteiger partial charge in [-0.25, -0.2) is 0 Å². The number of amides is 1. The number of ether oxygens (including phenoxy) is 1. The zero-order chi connectivity index (χ0) is 19.2. The number of rotatable bonds is 7. The summed E-state index contributed by atoms with van der Waals surface area (Å²) in [7, 11) is 0. The molecule has 0 atom stereocenters. The molecule has 0 aliphatic heterocycles. The molecule has 0 fully saturated rings. The number of aromatic nitrogens is 2. The van der Waals surface area contributed by atoms with Crippen molar-refractivity contribution >= 4 is 35.0 Å². The number of hydrogen-bond acceptors (Lipinski definition) is 7. The number of anilines is 1. The number of hydrogen-bond donors (Lipinski definition) is 2. The Morgan fingerprint density at radius 1 is 1.26 bits per heavy atom. The molecule has 9 heteroatoms. The molecule has 3 rings (SSSR count). The van der Waals surface area contributed by atoms with E-state index in [-0.39, 0.29) is 28.3 Å². The van der Waals surface area contributed by atoms with Crippen molar-refractivity contribution in [2.45, 2.75) is 12.1 Å². The largest absolute Gasteiger partial charge is 0.506 e. The van der Waals surface area contributed by atoms with Crippen molar-refractivity contribution in [2.24, 2.45) is 0 Å². The van der Waals surface area contributed by atoms with E-state index >= 15 is 0 Å². The Balaban J connectivity index is 1.57. The van der Waals surface area contributed by atoms with Crippen LogP contribution >= 0.6 is 23.4 Å². The third kappa shape index (κ3) is 5.15. The van der Waals surface area contributed by atoms with E-state index in [1.807, 2.05) is 31.2 Å². The van der Waals surface area contributed by atoms with Gasteiger partial charge in [0.05, 0.1) is 18.0 Å². The van der Waals surface area contributed by atoms with Crippen LogP contribution in [0.15, 0.2) is 52.1 Å². The Kier molecular flexibility index (Phi) is 6.20. The van der Waals surface area contributed by atoms with Crippen molar-refractivity contribution in [3.8, 4) is 23.0 Å². The molecule has 0 radical (unpaired) electrons. The number of phenolic OH excluding ortho intramolecular Hbond substituents is 1. The molecule has 0 saturated heterocycles. The molecule has 2 aromatic carbocycles. The maximum Gasteiger partial charge on any atom is 0.277 e. The zero-order valence-corrected chi connectivity index (χ0v) is 15.9. The highest BCUT2D eigenvalue weighted by Gasteiger charge is 2.13. The average molecular weight is 406 g/mol. The Morgan fingerprint density at radius 2 is 2.04 bits per heavy atom. The number of aromatic hydroxyl groups is 1. The molecule has 0 unspecified atom stereocenters. The second-order valence-corrected chi connectivity index (χ2v) is 6.69. The first-order valence-electron chi connectivity index (χ1n) is 8.03. The smallest absolute Gasteiger partial charge is 0.277 e. The number of nitrogens with one attached hydrogen (secondary N) is 1. The molecule has 0 aliphatic carbocycles. The summed E-state index contributed by atoms with van der Waals surface area (Å²) < 4.78 is 11.0. The first-order valence-corrected chi connectivity index (χ1v) is 9.39. The van der Waals surface area contributed by atoms with Crippen molar-refractivity contribution in [3.05, 3.63) is 47.5 Å². The lowest BCUT2D eigenvalue weighted by Gasteiger charge is -2.06. The summed E-state index contributed by atoms with van der Waals surface area (Å²) in [6.45, 7) is 2.51. The highest BCUT2D eigenvalue weighted by molar-refractivity contribution is 7.99. The maximum absolute atomic E-state index is 12.0. The Hall–Kier alpha value is -2.71. The number of carbonyl (C=O) groups excluding carboxylic acids is 1. The van der Waals surface area contributed by atoms with Crippen molar-refractivity contribution in [3.63, 3.8) is 0 Å². The van der Waals surface area contributed by atoms with Gasteiger partial charge in [0, 0.05) is 10.6 Å². The van der Waals surface area contributed by atoms with Crippen LogP contribution in [0.4, 0.5) is 5.69 Å². The zero-order valence-electron chi connectivity index (χ0n) is 14.3. The Morgan fingerprint density at radius 3 is 2.78 bits per heavy atom. The van der Waals surface area contributed by atoms with Crippen LogP contribution in [0.1, 0.15) is 6.92 Å². The lowest BCUT2D eigenvalue weighted by molar-refractivity contribution is -0.113. The van der Waals surface area contributed by atoms with Crippen LogP contribution in [0.25, 0.3) is 11.5 Å². The summed E-state index contributed by atoms with van der Waals surface area (Å²) in [6, 6.07) is 11.7. The van der Waals surface area contributed by atoms with Gasteiger partial charge in [-0.15, -0.1) is 10.2 Å². The predicted molar refractivity (Wildman–Crippen MR) is 103 cm³/mol. The van der Waals surface area contributed by atoms with Gasteiger partial charge in [-0.1, -0.05) is 23.4 Å². The standard InChI is InChI=1S/C18H16ClN3O4S/c1-2-25-13-6-3-11(4-7-13)17-21-22-18(26-17)27-10-16(24)20-14-9-12(19)5-8-15(14)23/h3-9,23H,2,10H2,1H3,(H,20,24). The molecule has 0 bridgehead atoms. The number of halogens is 1. The summed E-state index contributed by atoms with van der Waals surface area (Å²) in [6.07, 6.45) is 0. The van der Waals surface area contributed by atoms with E-state index in [1.165, 1.54) is 18.2 Å². The SMILES string of the molecule is CCOc1ccc(-c2nnc(SCC(=O)Nc3cc(Cl)ccc3O)o2)cc1. The molecule has 0 spiro atoms. The van der Waals surface area contributed by atoms with Gasteiger partial charge in [-0.3, -0.25) is 4.79 Å². The quantitative estimate of drug-likeness (QED) is 0.448. The van der Waals surface area contributed by atoms with Crippen LogP contribution in [-0.2, 0) is 4.79 Å². The van der Waals surface area contributed by atoms with Gasteiger partial charge in [0.1, 0.15) is 11.5 Å². The first-order chi connectivity index (χ1) is 13.0. The van der Waals surface area contributed by atoms with E-state index in [9.17, 15) is 9.90 Å². The molecule has 2 N–H and O–H groups in total. The molecule has 140 valence electrons. The van der Waals surface area contributed by atoms with E-state index in [2.05, 4.69) is 15.5 Å². The van der Waals surface area contributed by atoms with E-state index in [0.29, 0.717) is 17.5 Å². The van der Waals surface area contributed by atoms with Gasteiger partial charge in [-0.2, -0.15) is 0 Å². The van der Waals surface area contributed by atoms with Crippen molar-refractivity contribution in [1.82, 2.24) is 10.2 Å². The van der Waals surface area contributed by atoms with Gasteiger partial charge in [0.2, 0.25) is 11.8 Å². The van der Waals surface area contributed by atoms with E-state index in [4.69, 9.17) is 20.8 Å². The van der Waals surface area contributed by atoms with Crippen LogP contribution in [0.2, 0.25) is 5.02 Å². The average Bonchev–Trinajstić information content (AvgIpc) is 3.13. The van der Waals surface area contributed by atoms with Crippen LogP contribution in [0, 0.1) is 0 Å². The van der Waals surface area contributed by atoms with E-state index < -0.39 is 0 Å². The summed E-state index contributed by atoms with van der Waals surface area (Å²) in [5.41, 5.74) is 1.000. The van der Waals surface area contributed by atoms with Crippen molar-refractivity contribution in [1.29, 1.82) is 0 Å². The lowest BCUT2D eigenvalue weighted by atomic mass is 10.2. The molecule has 27 heavy (non-hydrogen) atoms. The first kappa shape index (κ1) is 19.1. The monoisotopic (exact) mass is 405 g/mol. The normalized spacial score (nSPS) is 10.6. The molecule has 1 heterocycles. The molecule has 1 aromatic heterocycles. The topological polar surface area (TPSA) is 97.5 Å². The van der Waals surface area contributed by atoms with Gasteiger partial charge >= 0.3 is 0 Å². The third-order valence-electron chi connectivity index (χ3n) is 3.38. The van der Waals surface area contributed by atoms with Crippen molar-refractivity contribution in [2.75, 3.05) is 17.7 Å². The molecular weight excluding hydrogens is 390 g/mol. The van der Waals surface area contributed by atoms with Gasteiger partial charge in [0.25, 0.3) is 5.22 Å². The molecule has 0 aliphatic rings. The van der Waals surface area contributed by atoms with Crippen LogP contribution < -0.4 is 10.1 Å². The van der Waals surface area contributed by atoms with Crippen molar-refractivity contribution < 1.29 is 19.1 Å². The minimum atomic E-state index is -0.335. The molecule has 7 nitrogen and oxygen atoms in total. The summed E-state index contributed by atoms with van der Waals surface area (Å²) in [4.78, 5) is 12.0. The van der Waals surface area contributed by atoms with Crippen LogP contribution in [0.5, 0.6) is 11.5 Å². The lowest BCUT2D eigenvalue weighted by Crippen LogP contribution is -2.14. The molecule has 3 aromatic rings. The highest BCUT2D eigenvalue weighted by Crippen LogP contribution is 2.28. The minimum absolute atomic E-state index is 0.0386. The van der Waals surface area contributed by atoms with Gasteiger partial charge < -0.3 is 19.6 Å². The second-order valence-electron chi connectivity index (χ2n) is 5.33. The Labute approximate surface area is 164 Å². The summed E-state index contributed by atoms with van der Waals surface area (Å²) in [5, 5.41) is 20.9. The molecule has 0 saturated carbocycles. The second kappa shape index (κ2) is 8.79. The highest BCUT2D eigenvalue weighted by atomic mass is 35.5. The number of thioether (sulfide) groups is 1. The van der Waals surface area contributed by atoms with Crippen LogP contribution in [-0.4, -0.2) is 33.6 Å². The molecular formula is C18H16ClN3O4S. The minimum Gasteiger partial charge on any atom is -0.506 e. The maximum atomic E-state index is 12.0. The predicted octanol–water partition coefficient (Wildman–Crippen LogP) is 4.23. The number of carbonyl (C=O) groups is 1. The van der Waals surface area contributed by atoms with Gasteiger partial charge in [0.15, 0.2) is 0 Å². The van der Waals surface area contributed by atoms with E-state index in [0.717, 1.165) is 23.1 Å². The fraction of sp³-hybridized carbons (Fsp3) is 0.167. The number of phenols is 1. The van der Waals surface area contributed by atoms with E-state index in [1.54, 1.807) is 0 Å². The van der Waals surface area contributed by atoms with Crippen LogP contribution in [0.3, 0.4) is 0 Å². The third-order valence-corrected chi connectivity index (χ3v) is 4.43. The number of benzene rings is 2. The Bertz CT molecular complexity index is 931.